The first-order chi connectivity index (χ1) is 15.0. The van der Waals surface area contributed by atoms with Gasteiger partial charge in [0.25, 0.3) is 11.6 Å². The molecule has 1 heterocycles. The summed E-state index contributed by atoms with van der Waals surface area (Å²) in [7, 11) is 0. The first kappa shape index (κ1) is 23.5. The Labute approximate surface area is 187 Å². The molecule has 1 aromatic heterocycles. The summed E-state index contributed by atoms with van der Waals surface area (Å²) in [5, 5.41) is 16.2. The van der Waals surface area contributed by atoms with Crippen molar-refractivity contribution < 1.29 is 27.7 Å². The van der Waals surface area contributed by atoms with E-state index in [1.54, 1.807) is 18.2 Å². The lowest BCUT2D eigenvalue weighted by Crippen LogP contribution is -2.13. The van der Waals surface area contributed by atoms with E-state index in [2.05, 4.69) is 15.6 Å². The van der Waals surface area contributed by atoms with Crippen LogP contribution in [0.25, 0.3) is 10.2 Å². The number of aromatic nitrogens is 1. The smallest absolute Gasteiger partial charge is 0.322 e. The van der Waals surface area contributed by atoms with Crippen molar-refractivity contribution in [3.8, 4) is 0 Å². The number of nitrogens with zero attached hydrogens (tertiary/aromatic N) is 2. The number of benzene rings is 2. The third kappa shape index (κ3) is 6.17. The highest BCUT2D eigenvalue weighted by molar-refractivity contribution is 8.01. The second kappa shape index (κ2) is 9.53. The number of amides is 2. The molecule has 0 aliphatic heterocycles. The molecule has 0 saturated heterocycles. The predicted octanol–water partition coefficient (Wildman–Crippen LogP) is 5.46. The van der Waals surface area contributed by atoms with Gasteiger partial charge in [-0.2, -0.15) is 13.2 Å². The Morgan fingerprint density at radius 3 is 2.59 bits per heavy atom. The van der Waals surface area contributed by atoms with Crippen molar-refractivity contribution in [2.45, 2.75) is 23.9 Å². The Kier molecular flexibility index (Phi) is 6.99. The molecule has 0 bridgehead atoms. The van der Waals surface area contributed by atoms with Gasteiger partial charge in [0, 0.05) is 30.0 Å². The summed E-state index contributed by atoms with van der Waals surface area (Å²) in [5.74, 6) is -1.23. The molecule has 13 heteroatoms. The minimum atomic E-state index is -4.23. The van der Waals surface area contributed by atoms with E-state index < -0.39 is 35.0 Å². The van der Waals surface area contributed by atoms with Crippen molar-refractivity contribution in [3.63, 3.8) is 0 Å². The van der Waals surface area contributed by atoms with Crippen molar-refractivity contribution in [1.82, 2.24) is 4.98 Å². The Hall–Kier alpha value is -3.19. The zero-order valence-corrected chi connectivity index (χ0v) is 18.0. The van der Waals surface area contributed by atoms with E-state index in [1.807, 2.05) is 0 Å². The van der Waals surface area contributed by atoms with Crippen molar-refractivity contribution in [2.75, 3.05) is 16.4 Å². The summed E-state index contributed by atoms with van der Waals surface area (Å²) >= 11 is 2.21. The van der Waals surface area contributed by atoms with Gasteiger partial charge in [0.1, 0.15) is 5.69 Å². The summed E-state index contributed by atoms with van der Waals surface area (Å²) in [6, 6.07) is 8.49. The van der Waals surface area contributed by atoms with E-state index in [9.17, 15) is 32.9 Å². The second-order valence-corrected chi connectivity index (χ2v) is 8.87. The Balaban J connectivity index is 1.74. The van der Waals surface area contributed by atoms with Crippen LogP contribution in [0, 0.1) is 10.1 Å². The normalized spacial score (nSPS) is 11.4. The van der Waals surface area contributed by atoms with Gasteiger partial charge in [0.05, 0.1) is 21.6 Å². The van der Waals surface area contributed by atoms with Gasteiger partial charge in [0.15, 0.2) is 4.34 Å². The number of nitrogens with one attached hydrogen (secondary N) is 2. The van der Waals surface area contributed by atoms with Crippen LogP contribution in [0.1, 0.15) is 23.7 Å². The predicted molar refractivity (Wildman–Crippen MR) is 116 cm³/mol. The number of rotatable bonds is 7. The average molecular weight is 484 g/mol. The average Bonchev–Trinajstić information content (AvgIpc) is 3.08. The number of hydrogen-bond acceptors (Lipinski definition) is 7. The lowest BCUT2D eigenvalue weighted by Gasteiger charge is -2.08. The number of fused-ring (bicyclic) bond motifs is 1. The van der Waals surface area contributed by atoms with Crippen LogP contribution in [-0.2, 0) is 4.79 Å². The van der Waals surface area contributed by atoms with Gasteiger partial charge < -0.3 is 10.6 Å². The van der Waals surface area contributed by atoms with Crippen molar-refractivity contribution >= 4 is 62.2 Å². The monoisotopic (exact) mass is 484 g/mol. The van der Waals surface area contributed by atoms with Crippen LogP contribution < -0.4 is 10.6 Å². The molecule has 3 rings (SSSR count). The largest absolute Gasteiger partial charge is 0.389 e. The number of carbonyl (C=O) groups is 2. The highest BCUT2D eigenvalue weighted by atomic mass is 32.2. The minimum absolute atomic E-state index is 0.0126. The molecule has 0 fully saturated rings. The molecule has 0 aliphatic rings. The van der Waals surface area contributed by atoms with E-state index in [1.165, 1.54) is 30.4 Å². The van der Waals surface area contributed by atoms with Crippen LogP contribution in [0.5, 0.6) is 0 Å². The lowest BCUT2D eigenvalue weighted by atomic mass is 10.1. The maximum absolute atomic E-state index is 12.6. The van der Waals surface area contributed by atoms with E-state index >= 15 is 0 Å². The molecule has 0 spiro atoms. The number of hydrogen-bond donors (Lipinski definition) is 2. The molecule has 0 radical (unpaired) electrons. The van der Waals surface area contributed by atoms with Gasteiger partial charge in [0.2, 0.25) is 5.91 Å². The molecule has 0 unspecified atom stereocenters. The summed E-state index contributed by atoms with van der Waals surface area (Å²) in [4.78, 5) is 38.6. The molecule has 2 aromatic carbocycles. The molecule has 0 aliphatic carbocycles. The second-order valence-electron chi connectivity index (χ2n) is 6.50. The summed E-state index contributed by atoms with van der Waals surface area (Å²) in [5.41, 5.74) is 0.537. The van der Waals surface area contributed by atoms with Crippen LogP contribution in [0.2, 0.25) is 0 Å². The SMILES string of the molecule is CC(=O)Nc1ccc(C(=O)Nc2ccc3nc(SCCC(F)(F)F)sc3c2)cc1[N+](=O)[O-]. The van der Waals surface area contributed by atoms with Crippen molar-refractivity contribution in [3.05, 3.63) is 52.1 Å². The summed E-state index contributed by atoms with van der Waals surface area (Å²) in [6.45, 7) is 1.21. The molecule has 3 aromatic rings. The van der Waals surface area contributed by atoms with Crippen molar-refractivity contribution in [2.24, 2.45) is 0 Å². The van der Waals surface area contributed by atoms with Gasteiger partial charge >= 0.3 is 6.18 Å². The highest BCUT2D eigenvalue weighted by Gasteiger charge is 2.26. The van der Waals surface area contributed by atoms with Gasteiger partial charge in [-0.3, -0.25) is 19.7 Å². The maximum Gasteiger partial charge on any atom is 0.389 e. The number of halogens is 3. The van der Waals surface area contributed by atoms with E-state index in [-0.39, 0.29) is 17.0 Å². The number of nitro groups is 1. The number of carbonyl (C=O) groups excluding carboxylic acids is 2. The molecule has 2 N–H and O–H groups in total. The first-order valence-electron chi connectivity index (χ1n) is 8.99. The van der Waals surface area contributed by atoms with E-state index in [4.69, 9.17) is 0 Å². The zero-order chi connectivity index (χ0) is 23.5. The fourth-order valence-electron chi connectivity index (χ4n) is 2.62. The number of thiazole rings is 1. The number of thioether (sulfide) groups is 1. The molecule has 8 nitrogen and oxygen atoms in total. The van der Waals surface area contributed by atoms with E-state index in [0.717, 1.165) is 17.8 Å². The standard InChI is InChI=1S/C19H15F3N4O4S2/c1-10(27)23-13-4-2-11(8-15(13)26(29)30)17(28)24-12-3-5-14-16(9-12)32-18(25-14)31-7-6-19(20,21)22/h2-5,8-9H,6-7H2,1H3,(H,23,27)(H,24,28). The van der Waals surface area contributed by atoms with E-state index in [0.29, 0.717) is 20.2 Å². The third-order valence-corrected chi connectivity index (χ3v) is 6.17. The fourth-order valence-corrected chi connectivity index (χ4v) is 4.78. The Morgan fingerprint density at radius 1 is 1.19 bits per heavy atom. The third-order valence-electron chi connectivity index (χ3n) is 4.01. The molecule has 32 heavy (non-hydrogen) atoms. The topological polar surface area (TPSA) is 114 Å². The van der Waals surface area contributed by atoms with Gasteiger partial charge in [-0.1, -0.05) is 11.8 Å². The van der Waals surface area contributed by atoms with Crippen LogP contribution in [0.4, 0.5) is 30.2 Å². The molecular weight excluding hydrogens is 469 g/mol. The molecule has 2 amide bonds. The van der Waals surface area contributed by atoms with Crippen LogP contribution >= 0.6 is 23.1 Å². The van der Waals surface area contributed by atoms with Crippen LogP contribution in [0.15, 0.2) is 40.7 Å². The van der Waals surface area contributed by atoms with Gasteiger partial charge in [-0.15, -0.1) is 11.3 Å². The van der Waals surface area contributed by atoms with Crippen LogP contribution in [-0.4, -0.2) is 33.7 Å². The molecule has 0 saturated carbocycles. The molecular formula is C19H15F3N4O4S2. The quantitative estimate of drug-likeness (QED) is 0.262. The number of nitro benzene ring substituents is 1. The zero-order valence-electron chi connectivity index (χ0n) is 16.4. The van der Waals surface area contributed by atoms with Gasteiger partial charge in [-0.25, -0.2) is 4.98 Å². The number of anilines is 2. The van der Waals surface area contributed by atoms with Crippen LogP contribution in [0.3, 0.4) is 0 Å². The fraction of sp³-hybridized carbons (Fsp3) is 0.211. The Morgan fingerprint density at radius 2 is 1.94 bits per heavy atom. The Bertz CT molecular complexity index is 1200. The molecule has 168 valence electrons. The lowest BCUT2D eigenvalue weighted by molar-refractivity contribution is -0.384. The summed E-state index contributed by atoms with van der Waals surface area (Å²) in [6.07, 6.45) is -5.14. The first-order valence-corrected chi connectivity index (χ1v) is 10.8. The minimum Gasteiger partial charge on any atom is -0.322 e. The molecule has 0 atom stereocenters. The maximum atomic E-state index is 12.6. The highest BCUT2D eigenvalue weighted by Crippen LogP contribution is 2.33. The van der Waals surface area contributed by atoms with Crippen molar-refractivity contribution in [1.29, 1.82) is 0 Å². The van der Waals surface area contributed by atoms with Gasteiger partial charge in [-0.05, 0) is 30.3 Å². The number of alkyl halides is 3. The summed E-state index contributed by atoms with van der Waals surface area (Å²) < 4.78 is 38.0.